The normalized spacial score (nSPS) is 20.4. The number of urea groups is 1. The lowest BCUT2D eigenvalue weighted by atomic mass is 9.85. The van der Waals surface area contributed by atoms with Crippen molar-refractivity contribution in [3.8, 4) is 0 Å². The van der Waals surface area contributed by atoms with Gasteiger partial charge in [-0.2, -0.15) is 0 Å². The van der Waals surface area contributed by atoms with Crippen molar-refractivity contribution < 1.29 is 33.5 Å². The van der Waals surface area contributed by atoms with Crippen LogP contribution in [-0.2, 0) is 23.9 Å². The minimum atomic E-state index is -1.16. The maximum absolute atomic E-state index is 13.7. The molecule has 39 heavy (non-hydrogen) atoms. The van der Waals surface area contributed by atoms with E-state index in [2.05, 4.69) is 16.0 Å². The second kappa shape index (κ2) is 12.6. The lowest BCUT2D eigenvalue weighted by Crippen LogP contribution is -2.62. The maximum Gasteiger partial charge on any atom is 0.409 e. The molecule has 0 aliphatic carbocycles. The van der Waals surface area contributed by atoms with E-state index in [0.717, 1.165) is 0 Å². The number of hydrogen-bond donors (Lipinski definition) is 4. The Kier molecular flexibility index (Phi) is 10.3. The molecule has 0 aromatic rings. The summed E-state index contributed by atoms with van der Waals surface area (Å²) >= 11 is 0. The molecule has 2 fully saturated rings. The number of primary amides is 1. The number of amides is 6. The number of hydrogen-bond acceptors (Lipinski definition) is 7. The average molecular weight is 553 g/mol. The van der Waals surface area contributed by atoms with Gasteiger partial charge in [-0.25, -0.2) is 9.59 Å². The van der Waals surface area contributed by atoms with Gasteiger partial charge in [-0.1, -0.05) is 41.5 Å². The monoisotopic (exact) mass is 552 g/mol. The fraction of sp³-hybridized carbons (Fsp3) is 0.769. The van der Waals surface area contributed by atoms with Crippen LogP contribution in [0, 0.1) is 10.8 Å². The number of Topliss-reactive ketones (excluding diaryl/α,β-unsaturated/α-hetero) is 1. The van der Waals surface area contributed by atoms with Gasteiger partial charge < -0.3 is 36.2 Å². The first-order valence-corrected chi connectivity index (χ1v) is 13.4. The van der Waals surface area contributed by atoms with Gasteiger partial charge in [0.15, 0.2) is 0 Å². The number of carbonyl (C=O) groups excluding carboxylic acids is 6. The smallest absolute Gasteiger partial charge is 0.409 e. The zero-order valence-corrected chi connectivity index (χ0v) is 24.1. The highest BCUT2D eigenvalue weighted by Crippen LogP contribution is 2.26. The minimum absolute atomic E-state index is 0.250. The van der Waals surface area contributed by atoms with Crippen LogP contribution in [0.15, 0.2) is 0 Å². The van der Waals surface area contributed by atoms with Crippen LogP contribution in [0.2, 0.25) is 0 Å². The molecule has 2 heterocycles. The van der Waals surface area contributed by atoms with Gasteiger partial charge in [0, 0.05) is 19.6 Å². The van der Waals surface area contributed by atoms with Crippen LogP contribution < -0.4 is 21.7 Å². The molecule has 220 valence electrons. The Morgan fingerprint density at radius 3 is 2.15 bits per heavy atom. The lowest BCUT2D eigenvalue weighted by Gasteiger charge is -2.38. The number of rotatable bonds is 9. The summed E-state index contributed by atoms with van der Waals surface area (Å²) in [6, 6.07) is -3.97. The highest BCUT2D eigenvalue weighted by Gasteiger charge is 2.43. The van der Waals surface area contributed by atoms with Crippen LogP contribution in [0.4, 0.5) is 9.59 Å². The Labute approximate surface area is 229 Å². The van der Waals surface area contributed by atoms with Crippen molar-refractivity contribution in [3.63, 3.8) is 0 Å². The van der Waals surface area contributed by atoms with E-state index in [4.69, 9.17) is 10.5 Å². The second-order valence-corrected chi connectivity index (χ2v) is 12.4. The SMILES string of the molecule is CC(NC(=O)[C@@H]1CCCN1C(=O)[C@@H](NC(=O)N[C@H](CN1CCCOC1=O)C(C)(C)C)C(C)(C)C)C(=O)C(N)=O. The summed E-state index contributed by atoms with van der Waals surface area (Å²) in [4.78, 5) is 77.9. The van der Waals surface area contributed by atoms with Crippen LogP contribution in [0.3, 0.4) is 0 Å². The predicted octanol–water partition coefficient (Wildman–Crippen LogP) is 0.507. The number of ketones is 1. The molecule has 0 aromatic carbocycles. The first kappa shape index (κ1) is 31.8. The number of likely N-dealkylation sites (tertiary alicyclic amines) is 1. The Balaban J connectivity index is 2.15. The van der Waals surface area contributed by atoms with Crippen molar-refractivity contribution in [1.29, 1.82) is 0 Å². The van der Waals surface area contributed by atoms with E-state index in [9.17, 15) is 28.8 Å². The molecular weight excluding hydrogens is 508 g/mol. The largest absolute Gasteiger partial charge is 0.449 e. The van der Waals surface area contributed by atoms with E-state index in [1.807, 2.05) is 20.8 Å². The van der Waals surface area contributed by atoms with Crippen molar-refractivity contribution in [1.82, 2.24) is 25.8 Å². The van der Waals surface area contributed by atoms with Crippen LogP contribution in [0.25, 0.3) is 0 Å². The zero-order valence-electron chi connectivity index (χ0n) is 24.1. The molecule has 13 heteroatoms. The van der Waals surface area contributed by atoms with Gasteiger partial charge in [-0.15, -0.1) is 0 Å². The third kappa shape index (κ3) is 8.56. The summed E-state index contributed by atoms with van der Waals surface area (Å²) in [5.41, 5.74) is 3.90. The van der Waals surface area contributed by atoms with E-state index >= 15 is 0 Å². The minimum Gasteiger partial charge on any atom is -0.449 e. The Hall–Kier alpha value is -3.38. The fourth-order valence-corrected chi connectivity index (χ4v) is 4.56. The molecule has 13 nitrogen and oxygen atoms in total. The van der Waals surface area contributed by atoms with E-state index in [1.165, 1.54) is 11.8 Å². The van der Waals surface area contributed by atoms with Gasteiger partial charge in [0.25, 0.3) is 5.91 Å². The molecule has 2 aliphatic heterocycles. The maximum atomic E-state index is 13.7. The van der Waals surface area contributed by atoms with Crippen molar-refractivity contribution in [2.24, 2.45) is 16.6 Å². The summed E-state index contributed by atoms with van der Waals surface area (Å²) in [5.74, 6) is -3.09. The molecule has 0 saturated carbocycles. The quantitative estimate of drug-likeness (QED) is 0.301. The highest BCUT2D eigenvalue weighted by molar-refractivity contribution is 6.37. The molecule has 5 N–H and O–H groups in total. The molecule has 2 rings (SSSR count). The molecule has 2 aliphatic rings. The summed E-state index contributed by atoms with van der Waals surface area (Å²) in [6.45, 7) is 14.0. The second-order valence-electron chi connectivity index (χ2n) is 12.4. The van der Waals surface area contributed by atoms with Crippen molar-refractivity contribution in [3.05, 3.63) is 0 Å². The van der Waals surface area contributed by atoms with E-state index in [-0.39, 0.29) is 6.54 Å². The number of nitrogens with one attached hydrogen (secondary N) is 3. The average Bonchev–Trinajstić information content (AvgIpc) is 3.31. The van der Waals surface area contributed by atoms with Crippen molar-refractivity contribution >= 4 is 35.6 Å². The van der Waals surface area contributed by atoms with Crippen LogP contribution in [0.5, 0.6) is 0 Å². The van der Waals surface area contributed by atoms with Gasteiger partial charge in [-0.05, 0) is 37.0 Å². The van der Waals surface area contributed by atoms with Gasteiger partial charge in [0.05, 0.1) is 18.7 Å². The van der Waals surface area contributed by atoms with Crippen molar-refractivity contribution in [2.45, 2.75) is 91.9 Å². The van der Waals surface area contributed by atoms with E-state index in [1.54, 1.807) is 25.7 Å². The molecule has 0 spiro atoms. The molecule has 0 radical (unpaired) electrons. The number of nitrogens with zero attached hydrogens (tertiary/aromatic N) is 2. The Morgan fingerprint density at radius 2 is 1.62 bits per heavy atom. The number of ether oxygens (including phenoxy) is 1. The molecule has 0 aromatic heterocycles. The summed E-state index contributed by atoms with van der Waals surface area (Å²) in [7, 11) is 0. The Bertz CT molecular complexity index is 971. The van der Waals surface area contributed by atoms with Crippen LogP contribution in [0.1, 0.15) is 67.7 Å². The first-order chi connectivity index (χ1) is 17.9. The number of cyclic esters (lactones) is 1. The third-order valence-electron chi connectivity index (χ3n) is 7.03. The van der Waals surface area contributed by atoms with Crippen molar-refractivity contribution in [2.75, 3.05) is 26.2 Å². The molecule has 1 unspecified atom stereocenters. The zero-order chi connectivity index (χ0) is 29.7. The molecular formula is C26H44N6O7. The molecule has 6 amide bonds. The van der Waals surface area contributed by atoms with E-state index in [0.29, 0.717) is 39.0 Å². The summed E-state index contributed by atoms with van der Waals surface area (Å²) in [5, 5.41) is 8.19. The van der Waals surface area contributed by atoms with Gasteiger partial charge in [0.1, 0.15) is 12.1 Å². The standard InChI is InChI=1S/C26H44N6O7/c1-15(18(33)20(27)34)28-21(35)16-10-8-12-32(16)22(36)19(26(5,6)7)30-23(37)29-17(25(2,3)4)14-31-11-9-13-39-24(31)38/h15-17,19H,8-14H2,1-7H3,(H2,27,34)(H,28,35)(H2,29,30,37)/t15?,16-,17+,19+/m0/s1. The lowest BCUT2D eigenvalue weighted by molar-refractivity contribution is -0.143. The number of nitrogens with two attached hydrogens (primary N) is 1. The van der Waals surface area contributed by atoms with E-state index < -0.39 is 70.6 Å². The van der Waals surface area contributed by atoms with Gasteiger partial charge in [-0.3, -0.25) is 19.2 Å². The number of carbonyl (C=O) groups is 6. The molecule has 2 saturated heterocycles. The predicted molar refractivity (Wildman–Crippen MR) is 142 cm³/mol. The first-order valence-electron chi connectivity index (χ1n) is 13.4. The topological polar surface area (TPSA) is 180 Å². The van der Waals surface area contributed by atoms with Crippen LogP contribution in [-0.4, -0.2) is 95.8 Å². The van der Waals surface area contributed by atoms with Gasteiger partial charge in [0.2, 0.25) is 17.6 Å². The fourth-order valence-electron chi connectivity index (χ4n) is 4.56. The summed E-state index contributed by atoms with van der Waals surface area (Å²) < 4.78 is 5.12. The van der Waals surface area contributed by atoms with Gasteiger partial charge >= 0.3 is 12.1 Å². The molecule has 4 atom stereocenters. The Morgan fingerprint density at radius 1 is 0.974 bits per heavy atom. The third-order valence-corrected chi connectivity index (χ3v) is 7.03. The van der Waals surface area contributed by atoms with Crippen LogP contribution >= 0.6 is 0 Å². The molecule has 0 bridgehead atoms. The summed E-state index contributed by atoms with van der Waals surface area (Å²) in [6.07, 6.45) is 1.21. The highest BCUT2D eigenvalue weighted by atomic mass is 16.6.